The number of amides is 1. The minimum Gasteiger partial charge on any atom is -0.342 e. The average molecular weight is 408 g/mol. The van der Waals surface area contributed by atoms with E-state index in [1.165, 1.54) is 12.1 Å². The van der Waals surface area contributed by atoms with E-state index in [4.69, 9.17) is 5.73 Å². The van der Waals surface area contributed by atoms with Crippen molar-refractivity contribution >= 4 is 5.91 Å². The molecule has 0 bridgehead atoms. The van der Waals surface area contributed by atoms with E-state index in [1.54, 1.807) is 6.92 Å². The Labute approximate surface area is 173 Å². The fourth-order valence-corrected chi connectivity index (χ4v) is 5.16. The van der Waals surface area contributed by atoms with Crippen molar-refractivity contribution in [3.05, 3.63) is 35.4 Å². The summed E-state index contributed by atoms with van der Waals surface area (Å²) in [6, 6.07) is 3.71. The summed E-state index contributed by atoms with van der Waals surface area (Å²) in [6.45, 7) is 9.51. The van der Waals surface area contributed by atoms with Crippen molar-refractivity contribution in [3.8, 4) is 0 Å². The van der Waals surface area contributed by atoms with E-state index in [1.807, 2.05) is 11.8 Å². The molecular weight excluding hydrogens is 372 g/mol. The molecule has 3 rings (SSSR count). The first-order valence-corrected chi connectivity index (χ1v) is 10.9. The molecule has 29 heavy (non-hydrogen) atoms. The van der Waals surface area contributed by atoms with Crippen LogP contribution in [0.25, 0.3) is 0 Å². The average Bonchev–Trinajstić information content (AvgIpc) is 3.12. The third-order valence-corrected chi connectivity index (χ3v) is 7.37. The number of rotatable bonds is 6. The standard InChI is InChI=1S/C23H35F2N3O/c1-4-19(14-22(26)16(2)20-13-18(24)5-6-21(20)25)27-10-7-23(8-11-27)9-12-28(15-23)17(3)29/h5-6,13,16,19,22H,4,7-12,14-15,26H2,1-3H3/t16-,19+,22+/m1/s1. The van der Waals surface area contributed by atoms with E-state index in [0.717, 1.165) is 64.3 Å². The van der Waals surface area contributed by atoms with Crippen LogP contribution in [0.3, 0.4) is 0 Å². The Bertz CT molecular complexity index is 718. The second-order valence-corrected chi connectivity index (χ2v) is 9.14. The van der Waals surface area contributed by atoms with Crippen LogP contribution in [0.4, 0.5) is 8.78 Å². The number of hydrogen-bond donors (Lipinski definition) is 1. The highest BCUT2D eigenvalue weighted by molar-refractivity contribution is 5.73. The molecule has 2 N–H and O–H groups in total. The maximum absolute atomic E-state index is 14.2. The Hall–Kier alpha value is -1.53. The van der Waals surface area contributed by atoms with Gasteiger partial charge in [-0.15, -0.1) is 0 Å². The third-order valence-electron chi connectivity index (χ3n) is 7.37. The van der Waals surface area contributed by atoms with Crippen molar-refractivity contribution in [3.63, 3.8) is 0 Å². The van der Waals surface area contributed by atoms with Crippen LogP contribution >= 0.6 is 0 Å². The van der Waals surface area contributed by atoms with Crippen molar-refractivity contribution < 1.29 is 13.6 Å². The fourth-order valence-electron chi connectivity index (χ4n) is 5.16. The second kappa shape index (κ2) is 9.09. The van der Waals surface area contributed by atoms with Crippen LogP contribution < -0.4 is 5.73 Å². The zero-order valence-corrected chi connectivity index (χ0v) is 18.0. The molecule has 0 aliphatic carbocycles. The molecule has 2 fully saturated rings. The van der Waals surface area contributed by atoms with Gasteiger partial charge in [0, 0.05) is 32.1 Å². The lowest BCUT2D eigenvalue weighted by molar-refractivity contribution is -0.128. The Morgan fingerprint density at radius 3 is 2.45 bits per heavy atom. The zero-order valence-electron chi connectivity index (χ0n) is 18.0. The monoisotopic (exact) mass is 407 g/mol. The van der Waals surface area contributed by atoms with E-state index in [0.29, 0.717) is 11.6 Å². The van der Waals surface area contributed by atoms with Crippen LogP contribution in [0.1, 0.15) is 64.4 Å². The summed E-state index contributed by atoms with van der Waals surface area (Å²) in [5.41, 5.74) is 7.10. The van der Waals surface area contributed by atoms with E-state index < -0.39 is 11.6 Å². The normalized spacial score (nSPS) is 22.6. The Kier molecular flexibility index (Phi) is 6.94. The van der Waals surface area contributed by atoms with Gasteiger partial charge in [-0.25, -0.2) is 8.78 Å². The largest absolute Gasteiger partial charge is 0.342 e. The first kappa shape index (κ1) is 22.2. The summed E-state index contributed by atoms with van der Waals surface area (Å²) in [4.78, 5) is 16.2. The van der Waals surface area contributed by atoms with Crippen LogP contribution in [0.2, 0.25) is 0 Å². The Morgan fingerprint density at radius 1 is 1.21 bits per heavy atom. The van der Waals surface area contributed by atoms with Gasteiger partial charge in [-0.2, -0.15) is 0 Å². The molecular formula is C23H35F2N3O. The fraction of sp³-hybridized carbons (Fsp3) is 0.696. The molecule has 6 heteroatoms. The van der Waals surface area contributed by atoms with Gasteiger partial charge in [0.2, 0.25) is 5.91 Å². The summed E-state index contributed by atoms with van der Waals surface area (Å²) < 4.78 is 27.7. The van der Waals surface area contributed by atoms with Gasteiger partial charge in [-0.1, -0.05) is 13.8 Å². The number of piperidine rings is 1. The lowest BCUT2D eigenvalue weighted by Gasteiger charge is -2.43. The number of likely N-dealkylation sites (tertiary alicyclic amines) is 2. The van der Waals surface area contributed by atoms with E-state index in [2.05, 4.69) is 11.8 Å². The summed E-state index contributed by atoms with van der Waals surface area (Å²) in [7, 11) is 0. The van der Waals surface area contributed by atoms with Gasteiger partial charge in [-0.05, 0) is 80.3 Å². The molecule has 0 radical (unpaired) electrons. The van der Waals surface area contributed by atoms with Crippen molar-refractivity contribution in [1.82, 2.24) is 9.80 Å². The molecule has 3 atom stereocenters. The van der Waals surface area contributed by atoms with Gasteiger partial charge in [0.05, 0.1) is 0 Å². The molecule has 2 aliphatic rings. The predicted octanol–water partition coefficient (Wildman–Crippen LogP) is 3.90. The lowest BCUT2D eigenvalue weighted by atomic mass is 9.77. The van der Waals surface area contributed by atoms with Crippen LogP contribution in [-0.2, 0) is 4.79 Å². The van der Waals surface area contributed by atoms with Crippen molar-refractivity contribution in [2.75, 3.05) is 26.2 Å². The van der Waals surface area contributed by atoms with Crippen molar-refractivity contribution in [1.29, 1.82) is 0 Å². The Balaban J connectivity index is 1.58. The minimum atomic E-state index is -0.426. The van der Waals surface area contributed by atoms with E-state index in [-0.39, 0.29) is 23.3 Å². The first-order chi connectivity index (χ1) is 13.7. The summed E-state index contributed by atoms with van der Waals surface area (Å²) in [6.07, 6.45) is 5.07. The molecule has 1 spiro atoms. The summed E-state index contributed by atoms with van der Waals surface area (Å²) in [5, 5.41) is 0. The number of nitrogens with two attached hydrogens (primary N) is 1. The first-order valence-electron chi connectivity index (χ1n) is 10.9. The molecule has 2 saturated heterocycles. The van der Waals surface area contributed by atoms with Crippen molar-refractivity contribution in [2.45, 2.75) is 70.9 Å². The SMILES string of the molecule is CC[C@@H](C[C@H](N)[C@H](C)c1cc(F)ccc1F)N1CCC2(CCN(C(C)=O)C2)CC1. The van der Waals surface area contributed by atoms with Gasteiger partial charge < -0.3 is 15.5 Å². The number of hydrogen-bond acceptors (Lipinski definition) is 3. The topological polar surface area (TPSA) is 49.6 Å². The number of nitrogens with zero attached hydrogens (tertiary/aromatic N) is 2. The predicted molar refractivity (Wildman–Crippen MR) is 112 cm³/mol. The quantitative estimate of drug-likeness (QED) is 0.778. The molecule has 1 aromatic carbocycles. The van der Waals surface area contributed by atoms with Gasteiger partial charge in [0.25, 0.3) is 0 Å². The van der Waals surface area contributed by atoms with Gasteiger partial charge >= 0.3 is 0 Å². The molecule has 162 valence electrons. The molecule has 1 amide bonds. The van der Waals surface area contributed by atoms with Crippen LogP contribution in [0.5, 0.6) is 0 Å². The highest BCUT2D eigenvalue weighted by Gasteiger charge is 2.42. The summed E-state index contributed by atoms with van der Waals surface area (Å²) >= 11 is 0. The third kappa shape index (κ3) is 4.97. The van der Waals surface area contributed by atoms with Gasteiger partial charge in [0.15, 0.2) is 0 Å². The number of carbonyl (C=O) groups is 1. The molecule has 0 unspecified atom stereocenters. The minimum absolute atomic E-state index is 0.181. The molecule has 2 heterocycles. The zero-order chi connectivity index (χ0) is 21.2. The van der Waals surface area contributed by atoms with Crippen molar-refractivity contribution in [2.24, 2.45) is 11.1 Å². The second-order valence-electron chi connectivity index (χ2n) is 9.14. The highest BCUT2D eigenvalue weighted by Crippen LogP contribution is 2.41. The molecule has 0 aromatic heterocycles. The molecule has 4 nitrogen and oxygen atoms in total. The maximum Gasteiger partial charge on any atom is 0.219 e. The highest BCUT2D eigenvalue weighted by atomic mass is 19.1. The van der Waals surface area contributed by atoms with E-state index in [9.17, 15) is 13.6 Å². The molecule has 2 aliphatic heterocycles. The smallest absolute Gasteiger partial charge is 0.219 e. The number of benzene rings is 1. The number of carbonyl (C=O) groups excluding carboxylic acids is 1. The molecule has 1 aromatic rings. The van der Waals surface area contributed by atoms with Gasteiger partial charge in [-0.3, -0.25) is 4.79 Å². The van der Waals surface area contributed by atoms with Crippen LogP contribution in [-0.4, -0.2) is 54.0 Å². The van der Waals surface area contributed by atoms with Crippen LogP contribution in [0.15, 0.2) is 18.2 Å². The summed E-state index contributed by atoms with van der Waals surface area (Å²) in [5.74, 6) is -0.876. The lowest BCUT2D eigenvalue weighted by Crippen LogP contribution is -2.48. The number of halogens is 2. The van der Waals surface area contributed by atoms with Gasteiger partial charge in [0.1, 0.15) is 11.6 Å². The maximum atomic E-state index is 14.2. The molecule has 0 saturated carbocycles. The Morgan fingerprint density at radius 2 is 1.86 bits per heavy atom. The van der Waals surface area contributed by atoms with E-state index >= 15 is 0 Å². The van der Waals surface area contributed by atoms with Crippen LogP contribution in [0, 0.1) is 17.0 Å².